The summed E-state index contributed by atoms with van der Waals surface area (Å²) in [7, 11) is 1.71. The Balaban J connectivity index is 1.60. The number of carbonyl (C=O) groups is 1. The van der Waals surface area contributed by atoms with Gasteiger partial charge >= 0.3 is 6.09 Å². The first-order chi connectivity index (χ1) is 19.4. The number of hydrogen-bond acceptors (Lipinski definition) is 6. The van der Waals surface area contributed by atoms with E-state index in [9.17, 15) is 18.0 Å². The van der Waals surface area contributed by atoms with Crippen molar-refractivity contribution in [1.82, 2.24) is 20.3 Å². The standard InChI is InChI=1S/C30H33F3N6O2/c1-16-10-17(12-18(31)11-16)21-15-35-27(34-5)24(28-37-23-14-19(32)13-22(33)25(23)38-28)26(21)39-8-6-20(7-9-39)36-29(40)41-30(2,3)4/h10-15,20H,6-9H2,1-5H3,(H,34,35)(H,36,40)(H,37,38). The third-order valence-corrected chi connectivity index (χ3v) is 6.92. The number of benzene rings is 2. The second-order valence-electron chi connectivity index (χ2n) is 11.3. The molecule has 2 aromatic carbocycles. The normalized spacial score (nSPS) is 14.4. The van der Waals surface area contributed by atoms with E-state index in [-0.39, 0.29) is 22.9 Å². The van der Waals surface area contributed by atoms with Gasteiger partial charge in [0.05, 0.1) is 16.8 Å². The maximum Gasteiger partial charge on any atom is 0.407 e. The van der Waals surface area contributed by atoms with E-state index in [2.05, 4.69) is 30.5 Å². The van der Waals surface area contributed by atoms with Crippen molar-refractivity contribution >= 4 is 28.6 Å². The lowest BCUT2D eigenvalue weighted by molar-refractivity contribution is 0.0497. The molecule has 216 valence electrons. The van der Waals surface area contributed by atoms with Gasteiger partial charge in [0.25, 0.3) is 0 Å². The number of nitrogens with zero attached hydrogens (tertiary/aromatic N) is 3. The van der Waals surface area contributed by atoms with E-state index in [1.165, 1.54) is 12.1 Å². The molecule has 8 nitrogen and oxygen atoms in total. The van der Waals surface area contributed by atoms with Crippen molar-refractivity contribution in [3.63, 3.8) is 0 Å². The number of H-pyrrole nitrogens is 1. The Labute approximate surface area is 236 Å². The number of hydrogen-bond donors (Lipinski definition) is 3. The van der Waals surface area contributed by atoms with Gasteiger partial charge in [-0.3, -0.25) is 0 Å². The molecule has 3 N–H and O–H groups in total. The first-order valence-electron chi connectivity index (χ1n) is 13.5. The second kappa shape index (κ2) is 10.9. The molecule has 0 spiro atoms. The van der Waals surface area contributed by atoms with Crippen LogP contribution < -0.4 is 15.5 Å². The van der Waals surface area contributed by atoms with Crippen LogP contribution >= 0.6 is 0 Å². The van der Waals surface area contributed by atoms with Gasteiger partial charge in [0, 0.05) is 50.1 Å². The van der Waals surface area contributed by atoms with Crippen LogP contribution in [0.15, 0.2) is 36.5 Å². The number of carbonyl (C=O) groups excluding carboxylic acids is 1. The highest BCUT2D eigenvalue weighted by molar-refractivity contribution is 5.96. The van der Waals surface area contributed by atoms with Crippen LogP contribution in [0.2, 0.25) is 0 Å². The van der Waals surface area contributed by atoms with Crippen LogP contribution in [-0.2, 0) is 4.74 Å². The Morgan fingerprint density at radius 3 is 2.44 bits per heavy atom. The average molecular weight is 567 g/mol. The molecule has 1 fully saturated rings. The maximum atomic E-state index is 14.7. The van der Waals surface area contributed by atoms with Crippen molar-refractivity contribution < 1.29 is 22.7 Å². The van der Waals surface area contributed by atoms with Gasteiger partial charge in [-0.05, 0) is 63.8 Å². The van der Waals surface area contributed by atoms with Crippen molar-refractivity contribution in [2.75, 3.05) is 30.4 Å². The topological polar surface area (TPSA) is 95.2 Å². The Morgan fingerprint density at radius 1 is 1.07 bits per heavy atom. The van der Waals surface area contributed by atoms with E-state index in [0.717, 1.165) is 17.7 Å². The molecule has 0 bridgehead atoms. The maximum absolute atomic E-state index is 14.7. The number of aryl methyl sites for hydroxylation is 1. The molecule has 0 saturated carbocycles. The summed E-state index contributed by atoms with van der Waals surface area (Å²) in [5.74, 6) is -1.12. The van der Waals surface area contributed by atoms with Gasteiger partial charge in [-0.15, -0.1) is 0 Å². The summed E-state index contributed by atoms with van der Waals surface area (Å²) in [6, 6.07) is 6.63. The summed E-state index contributed by atoms with van der Waals surface area (Å²) in [6.07, 6.45) is 2.45. The number of alkyl carbamates (subject to hydrolysis) is 1. The number of pyridine rings is 1. The minimum absolute atomic E-state index is 0.0710. The highest BCUT2D eigenvalue weighted by Gasteiger charge is 2.29. The molecule has 11 heteroatoms. The molecule has 0 aliphatic carbocycles. The zero-order valence-electron chi connectivity index (χ0n) is 23.7. The van der Waals surface area contributed by atoms with Crippen LogP contribution in [0.1, 0.15) is 39.2 Å². The smallest absolute Gasteiger partial charge is 0.407 e. The molecule has 41 heavy (non-hydrogen) atoms. The first-order valence-corrected chi connectivity index (χ1v) is 13.5. The summed E-state index contributed by atoms with van der Waals surface area (Å²) < 4.78 is 48.7. The molecule has 0 radical (unpaired) electrons. The first kappa shape index (κ1) is 28.3. The monoisotopic (exact) mass is 566 g/mol. The zero-order valence-corrected chi connectivity index (χ0v) is 23.7. The number of halogens is 3. The SMILES string of the molecule is CNc1ncc(-c2cc(C)cc(F)c2)c(N2CCC(NC(=O)OC(C)(C)C)CC2)c1-c1nc2cc(F)cc(F)c2[nH]1. The van der Waals surface area contributed by atoms with Crippen LogP contribution in [0.25, 0.3) is 33.5 Å². The number of nitrogens with one attached hydrogen (secondary N) is 3. The predicted molar refractivity (Wildman–Crippen MR) is 154 cm³/mol. The molecular weight excluding hydrogens is 533 g/mol. The second-order valence-corrected chi connectivity index (χ2v) is 11.3. The number of ether oxygens (including phenoxy) is 1. The fraction of sp³-hybridized carbons (Fsp3) is 0.367. The Hall–Kier alpha value is -4.28. The van der Waals surface area contributed by atoms with Crippen molar-refractivity contribution in [2.24, 2.45) is 0 Å². The summed E-state index contributed by atoms with van der Waals surface area (Å²) in [4.78, 5) is 26.7. The highest BCUT2D eigenvalue weighted by atomic mass is 19.1. The number of piperidine rings is 1. The molecule has 1 saturated heterocycles. The van der Waals surface area contributed by atoms with Crippen LogP contribution in [0.4, 0.5) is 29.5 Å². The summed E-state index contributed by atoms with van der Waals surface area (Å²) >= 11 is 0. The molecule has 5 rings (SSSR count). The molecule has 0 unspecified atom stereocenters. The molecule has 1 amide bonds. The number of anilines is 2. The lowest BCUT2D eigenvalue weighted by atomic mass is 9.96. The Morgan fingerprint density at radius 2 is 1.78 bits per heavy atom. The van der Waals surface area contributed by atoms with Crippen molar-refractivity contribution in [1.29, 1.82) is 0 Å². The molecule has 0 atom stereocenters. The summed E-state index contributed by atoms with van der Waals surface area (Å²) in [6.45, 7) is 8.34. The lowest BCUT2D eigenvalue weighted by Gasteiger charge is -2.36. The van der Waals surface area contributed by atoms with Gasteiger partial charge in [-0.25, -0.2) is 27.9 Å². The molecule has 2 aromatic heterocycles. The van der Waals surface area contributed by atoms with E-state index in [1.54, 1.807) is 13.2 Å². The lowest BCUT2D eigenvalue weighted by Crippen LogP contribution is -2.46. The van der Waals surface area contributed by atoms with Gasteiger partial charge in [-0.1, -0.05) is 6.07 Å². The van der Waals surface area contributed by atoms with Crippen molar-refractivity contribution in [3.8, 4) is 22.5 Å². The van der Waals surface area contributed by atoms with E-state index in [0.29, 0.717) is 60.0 Å². The summed E-state index contributed by atoms with van der Waals surface area (Å²) in [5, 5.41) is 6.04. The van der Waals surface area contributed by atoms with Crippen molar-refractivity contribution in [3.05, 3.63) is 59.5 Å². The van der Waals surface area contributed by atoms with Crippen molar-refractivity contribution in [2.45, 2.75) is 52.2 Å². The van der Waals surface area contributed by atoms with Crippen LogP contribution in [0.5, 0.6) is 0 Å². The molecule has 4 aromatic rings. The minimum atomic E-state index is -0.759. The summed E-state index contributed by atoms with van der Waals surface area (Å²) in [5.41, 5.74) is 2.88. The van der Waals surface area contributed by atoms with Gasteiger partial charge in [0.2, 0.25) is 0 Å². The van der Waals surface area contributed by atoms with E-state index < -0.39 is 23.3 Å². The number of imidazole rings is 1. The van der Waals surface area contributed by atoms with E-state index in [4.69, 9.17) is 4.74 Å². The number of fused-ring (bicyclic) bond motifs is 1. The van der Waals surface area contributed by atoms with Gasteiger partial charge < -0.3 is 25.3 Å². The number of amides is 1. The Kier molecular flexibility index (Phi) is 7.54. The number of aromatic amines is 1. The number of aromatic nitrogens is 3. The molecular formula is C30H33F3N6O2. The predicted octanol–water partition coefficient (Wildman–Crippen LogP) is 6.55. The van der Waals surface area contributed by atoms with Crippen LogP contribution in [0.3, 0.4) is 0 Å². The fourth-order valence-electron chi connectivity index (χ4n) is 5.23. The minimum Gasteiger partial charge on any atom is -0.444 e. The zero-order chi connectivity index (χ0) is 29.5. The third kappa shape index (κ3) is 6.08. The van der Waals surface area contributed by atoms with Gasteiger partial charge in [0.15, 0.2) is 5.82 Å². The van der Waals surface area contributed by atoms with Crippen LogP contribution in [0, 0.1) is 24.4 Å². The third-order valence-electron chi connectivity index (χ3n) is 6.92. The largest absolute Gasteiger partial charge is 0.444 e. The number of rotatable bonds is 5. The highest BCUT2D eigenvalue weighted by Crippen LogP contribution is 2.44. The molecule has 1 aliphatic heterocycles. The fourth-order valence-corrected chi connectivity index (χ4v) is 5.23. The Bertz CT molecular complexity index is 1590. The van der Waals surface area contributed by atoms with E-state index in [1.807, 2.05) is 33.8 Å². The molecule has 3 heterocycles. The van der Waals surface area contributed by atoms with Gasteiger partial charge in [0.1, 0.15) is 34.4 Å². The van der Waals surface area contributed by atoms with E-state index >= 15 is 0 Å². The quantitative estimate of drug-likeness (QED) is 0.254. The average Bonchev–Trinajstić information content (AvgIpc) is 3.30. The molecule has 1 aliphatic rings. The van der Waals surface area contributed by atoms with Crippen LogP contribution in [-0.4, -0.2) is 52.8 Å². The van der Waals surface area contributed by atoms with Gasteiger partial charge in [-0.2, -0.15) is 0 Å².